The van der Waals surface area contributed by atoms with Gasteiger partial charge in [0.25, 0.3) is 0 Å². The minimum Gasteiger partial charge on any atom is -0.457 e. The number of carbonyl (C=O) groups is 1. The summed E-state index contributed by atoms with van der Waals surface area (Å²) < 4.78 is 5.36. The minimum atomic E-state index is -0.421. The SMILES string of the molecule is CCN(C)/C=N/c1cc(C)c(C(=O)OCc2ccc(Cl)cc2)cc1Cl. The summed E-state index contributed by atoms with van der Waals surface area (Å²) in [5.41, 5.74) is 2.68. The van der Waals surface area contributed by atoms with Crippen molar-refractivity contribution in [2.24, 2.45) is 4.99 Å². The van der Waals surface area contributed by atoms with E-state index >= 15 is 0 Å². The van der Waals surface area contributed by atoms with Crippen molar-refractivity contribution in [3.8, 4) is 0 Å². The highest BCUT2D eigenvalue weighted by Gasteiger charge is 2.14. The van der Waals surface area contributed by atoms with Crippen LogP contribution >= 0.6 is 23.2 Å². The predicted molar refractivity (Wildman–Crippen MR) is 103 cm³/mol. The third-order valence-electron chi connectivity index (χ3n) is 3.69. The molecule has 0 atom stereocenters. The maximum atomic E-state index is 12.3. The van der Waals surface area contributed by atoms with Crippen LogP contribution in [0.25, 0.3) is 0 Å². The molecule has 132 valence electrons. The lowest BCUT2D eigenvalue weighted by molar-refractivity contribution is 0.0472. The first-order valence-corrected chi connectivity index (χ1v) is 8.62. The van der Waals surface area contributed by atoms with Gasteiger partial charge in [0.1, 0.15) is 6.61 Å². The molecule has 0 aliphatic heterocycles. The topological polar surface area (TPSA) is 41.9 Å². The molecule has 0 radical (unpaired) electrons. The zero-order chi connectivity index (χ0) is 18.4. The number of rotatable bonds is 6. The van der Waals surface area contributed by atoms with E-state index in [0.717, 1.165) is 17.7 Å². The molecule has 0 spiro atoms. The average Bonchev–Trinajstić information content (AvgIpc) is 2.61. The van der Waals surface area contributed by atoms with E-state index in [-0.39, 0.29) is 6.61 Å². The van der Waals surface area contributed by atoms with Gasteiger partial charge >= 0.3 is 5.97 Å². The molecule has 0 fully saturated rings. The minimum absolute atomic E-state index is 0.175. The van der Waals surface area contributed by atoms with E-state index in [1.165, 1.54) is 0 Å². The van der Waals surface area contributed by atoms with Gasteiger partial charge in [-0.25, -0.2) is 9.79 Å². The van der Waals surface area contributed by atoms with Crippen molar-refractivity contribution in [3.63, 3.8) is 0 Å². The van der Waals surface area contributed by atoms with Gasteiger partial charge in [0, 0.05) is 18.6 Å². The normalized spacial score (nSPS) is 10.9. The fraction of sp³-hybridized carbons (Fsp3) is 0.263. The van der Waals surface area contributed by atoms with Crippen LogP contribution in [-0.2, 0) is 11.3 Å². The van der Waals surface area contributed by atoms with Gasteiger partial charge in [0.15, 0.2) is 0 Å². The fourth-order valence-corrected chi connectivity index (χ4v) is 2.37. The summed E-state index contributed by atoms with van der Waals surface area (Å²) >= 11 is 12.1. The van der Waals surface area contributed by atoms with Crippen molar-refractivity contribution < 1.29 is 9.53 Å². The van der Waals surface area contributed by atoms with Crippen molar-refractivity contribution in [1.29, 1.82) is 0 Å². The van der Waals surface area contributed by atoms with Crippen LogP contribution in [0.2, 0.25) is 10.0 Å². The van der Waals surface area contributed by atoms with Crippen LogP contribution in [-0.4, -0.2) is 30.8 Å². The highest BCUT2D eigenvalue weighted by molar-refractivity contribution is 6.33. The van der Waals surface area contributed by atoms with Crippen LogP contribution in [0.5, 0.6) is 0 Å². The summed E-state index contributed by atoms with van der Waals surface area (Å²) in [6.07, 6.45) is 1.71. The summed E-state index contributed by atoms with van der Waals surface area (Å²) in [4.78, 5) is 18.6. The number of halogens is 2. The van der Waals surface area contributed by atoms with Crippen molar-refractivity contribution in [3.05, 3.63) is 63.1 Å². The first-order valence-electron chi connectivity index (χ1n) is 7.87. The third-order valence-corrected chi connectivity index (χ3v) is 4.24. The van der Waals surface area contributed by atoms with Crippen molar-refractivity contribution >= 4 is 41.2 Å². The van der Waals surface area contributed by atoms with Crippen molar-refractivity contribution in [1.82, 2.24) is 4.90 Å². The van der Waals surface area contributed by atoms with Crippen LogP contribution in [0.3, 0.4) is 0 Å². The molecule has 0 amide bonds. The smallest absolute Gasteiger partial charge is 0.338 e. The Morgan fingerprint density at radius 1 is 1.24 bits per heavy atom. The van der Waals surface area contributed by atoms with E-state index in [1.807, 2.05) is 37.9 Å². The van der Waals surface area contributed by atoms with Crippen LogP contribution in [0, 0.1) is 6.92 Å². The van der Waals surface area contributed by atoms with E-state index in [0.29, 0.717) is 21.3 Å². The lowest BCUT2D eigenvalue weighted by Gasteiger charge is -2.11. The molecule has 0 heterocycles. The molecule has 0 saturated heterocycles. The van der Waals surface area contributed by atoms with E-state index in [1.54, 1.807) is 30.6 Å². The molecule has 0 bridgehead atoms. The highest BCUT2D eigenvalue weighted by Crippen LogP contribution is 2.29. The Kier molecular flexibility index (Phi) is 6.85. The lowest BCUT2D eigenvalue weighted by atomic mass is 10.1. The van der Waals surface area contributed by atoms with Crippen molar-refractivity contribution in [2.75, 3.05) is 13.6 Å². The zero-order valence-electron chi connectivity index (χ0n) is 14.4. The summed E-state index contributed by atoms with van der Waals surface area (Å²) in [5.74, 6) is -0.421. The van der Waals surface area contributed by atoms with Crippen LogP contribution in [0.1, 0.15) is 28.4 Å². The Morgan fingerprint density at radius 2 is 1.92 bits per heavy atom. The monoisotopic (exact) mass is 378 g/mol. The number of hydrogen-bond donors (Lipinski definition) is 0. The number of aryl methyl sites for hydroxylation is 1. The average molecular weight is 379 g/mol. The van der Waals surface area contributed by atoms with Crippen LogP contribution in [0.4, 0.5) is 5.69 Å². The Labute approximate surface area is 158 Å². The lowest BCUT2D eigenvalue weighted by Crippen LogP contribution is -2.14. The molecule has 0 aliphatic carbocycles. The first-order chi connectivity index (χ1) is 11.9. The van der Waals surface area contributed by atoms with Gasteiger partial charge in [0.05, 0.1) is 22.6 Å². The Morgan fingerprint density at radius 3 is 2.56 bits per heavy atom. The van der Waals surface area contributed by atoms with E-state index < -0.39 is 5.97 Å². The van der Waals surface area contributed by atoms with Gasteiger partial charge in [-0.1, -0.05) is 35.3 Å². The molecule has 2 rings (SSSR count). The zero-order valence-corrected chi connectivity index (χ0v) is 15.9. The second-order valence-electron chi connectivity index (χ2n) is 5.64. The van der Waals surface area contributed by atoms with E-state index in [2.05, 4.69) is 4.99 Å². The van der Waals surface area contributed by atoms with Gasteiger partial charge in [-0.3, -0.25) is 0 Å². The Hall–Kier alpha value is -2.04. The summed E-state index contributed by atoms with van der Waals surface area (Å²) in [6, 6.07) is 10.5. The van der Waals surface area contributed by atoms with Crippen LogP contribution < -0.4 is 0 Å². The molecular formula is C19H20Cl2N2O2. The maximum absolute atomic E-state index is 12.3. The van der Waals surface area contributed by atoms with Gasteiger partial charge in [-0.2, -0.15) is 0 Å². The maximum Gasteiger partial charge on any atom is 0.338 e. The largest absolute Gasteiger partial charge is 0.457 e. The number of esters is 1. The van der Waals surface area contributed by atoms with Crippen LogP contribution in [0.15, 0.2) is 41.4 Å². The fourth-order valence-electron chi connectivity index (χ4n) is 2.03. The second-order valence-corrected chi connectivity index (χ2v) is 6.48. The molecule has 0 unspecified atom stereocenters. The third kappa shape index (κ3) is 5.48. The standard InChI is InChI=1S/C19H20Cl2N2O2/c1-4-23(3)12-22-18-9-13(2)16(10-17(18)21)19(24)25-11-14-5-7-15(20)8-6-14/h5-10,12H,4,11H2,1-3H3/b22-12+. The van der Waals surface area contributed by atoms with Gasteiger partial charge in [-0.05, 0) is 49.2 Å². The molecule has 4 nitrogen and oxygen atoms in total. The summed E-state index contributed by atoms with van der Waals surface area (Å²) in [5, 5.41) is 1.05. The molecule has 6 heteroatoms. The number of carbonyl (C=O) groups excluding carboxylic acids is 1. The first kappa shape index (κ1) is 19.3. The summed E-state index contributed by atoms with van der Waals surface area (Å²) in [7, 11) is 1.92. The molecule has 0 aromatic heterocycles. The molecule has 25 heavy (non-hydrogen) atoms. The predicted octanol–water partition coefficient (Wildman–Crippen LogP) is 5.27. The Bertz CT molecular complexity index is 774. The molecule has 2 aromatic rings. The molecule has 0 saturated carbocycles. The highest BCUT2D eigenvalue weighted by atomic mass is 35.5. The number of nitrogens with zero attached hydrogens (tertiary/aromatic N) is 2. The number of ether oxygens (including phenoxy) is 1. The summed E-state index contributed by atoms with van der Waals surface area (Å²) in [6.45, 7) is 4.87. The van der Waals surface area contributed by atoms with Gasteiger partial charge in [-0.15, -0.1) is 0 Å². The van der Waals surface area contributed by atoms with E-state index in [9.17, 15) is 4.79 Å². The Balaban J connectivity index is 2.10. The van der Waals surface area contributed by atoms with Gasteiger partial charge < -0.3 is 9.64 Å². The molecule has 2 aromatic carbocycles. The number of benzene rings is 2. The second kappa shape index (κ2) is 8.88. The molecule has 0 aliphatic rings. The van der Waals surface area contributed by atoms with E-state index in [4.69, 9.17) is 27.9 Å². The molecule has 0 N–H and O–H groups in total. The van der Waals surface area contributed by atoms with Gasteiger partial charge in [0.2, 0.25) is 0 Å². The number of aliphatic imine (C=N–C) groups is 1. The number of hydrogen-bond acceptors (Lipinski definition) is 3. The van der Waals surface area contributed by atoms with Crippen molar-refractivity contribution in [2.45, 2.75) is 20.5 Å². The quantitative estimate of drug-likeness (QED) is 0.390. The molecular weight excluding hydrogens is 359 g/mol.